The van der Waals surface area contributed by atoms with Crippen molar-refractivity contribution in [2.24, 2.45) is 0 Å². The molecule has 0 radical (unpaired) electrons. The van der Waals surface area contributed by atoms with Crippen molar-refractivity contribution >= 4 is 0 Å². The van der Waals surface area contributed by atoms with Crippen molar-refractivity contribution in [1.82, 2.24) is 14.7 Å². The smallest absolute Gasteiger partial charge is 0.103 e. The van der Waals surface area contributed by atoms with E-state index in [4.69, 9.17) is 9.52 Å². The fourth-order valence-electron chi connectivity index (χ4n) is 2.58. The molecule has 0 aliphatic carbocycles. The van der Waals surface area contributed by atoms with Crippen LogP contribution >= 0.6 is 0 Å². The van der Waals surface area contributed by atoms with Gasteiger partial charge in [-0.1, -0.05) is 0 Å². The Labute approximate surface area is 112 Å². The maximum Gasteiger partial charge on any atom is 0.103 e. The third kappa shape index (κ3) is 2.88. The molecule has 2 aromatic rings. The molecule has 0 aromatic carbocycles. The zero-order valence-electron chi connectivity index (χ0n) is 11.0. The predicted octanol–water partition coefficient (Wildman–Crippen LogP) is 1.42. The van der Waals surface area contributed by atoms with Crippen LogP contribution in [0.5, 0.6) is 0 Å². The van der Waals surface area contributed by atoms with Crippen molar-refractivity contribution in [2.45, 2.75) is 32.5 Å². The fourth-order valence-corrected chi connectivity index (χ4v) is 2.58. The van der Waals surface area contributed by atoms with E-state index in [-0.39, 0.29) is 6.61 Å². The lowest BCUT2D eigenvalue weighted by molar-refractivity contribution is 0.209. The number of aliphatic hydroxyl groups is 1. The summed E-state index contributed by atoms with van der Waals surface area (Å²) >= 11 is 0. The van der Waals surface area contributed by atoms with Crippen LogP contribution in [-0.4, -0.2) is 32.9 Å². The van der Waals surface area contributed by atoms with E-state index in [2.05, 4.69) is 10.00 Å². The molecular weight excluding hydrogens is 242 g/mol. The van der Waals surface area contributed by atoms with Gasteiger partial charge in [-0.3, -0.25) is 9.58 Å². The van der Waals surface area contributed by atoms with E-state index >= 15 is 0 Å². The molecule has 1 N–H and O–H groups in total. The Bertz CT molecular complexity index is 519. The summed E-state index contributed by atoms with van der Waals surface area (Å²) in [6.07, 6.45) is 3.82. The van der Waals surface area contributed by atoms with Gasteiger partial charge in [0.25, 0.3) is 0 Å². The average Bonchev–Trinajstić information content (AvgIpc) is 3.06. The Morgan fingerprint density at radius 3 is 3.11 bits per heavy atom. The highest BCUT2D eigenvalue weighted by atomic mass is 16.3. The minimum atomic E-state index is 0.0263. The molecule has 19 heavy (non-hydrogen) atoms. The van der Waals surface area contributed by atoms with E-state index in [1.807, 2.05) is 22.9 Å². The zero-order valence-corrected chi connectivity index (χ0v) is 11.0. The number of hydrogen-bond acceptors (Lipinski definition) is 4. The van der Waals surface area contributed by atoms with Gasteiger partial charge in [0.15, 0.2) is 0 Å². The standard InChI is InChI=1S/C14H19N3O2/c18-11-12-9-13-10-16(6-7-17(13)15-12)5-1-3-14-4-2-8-19-14/h2,4,8-9,18H,1,3,5-7,10-11H2. The van der Waals surface area contributed by atoms with Crippen LogP contribution in [0.1, 0.15) is 23.6 Å². The molecule has 1 aliphatic heterocycles. The minimum absolute atomic E-state index is 0.0263. The Hall–Kier alpha value is -1.59. The van der Waals surface area contributed by atoms with E-state index in [0.29, 0.717) is 0 Å². The number of rotatable bonds is 5. The van der Waals surface area contributed by atoms with Crippen LogP contribution in [0, 0.1) is 0 Å². The van der Waals surface area contributed by atoms with Crippen molar-refractivity contribution in [2.75, 3.05) is 13.1 Å². The predicted molar refractivity (Wildman–Crippen MR) is 70.5 cm³/mol. The summed E-state index contributed by atoms with van der Waals surface area (Å²) in [4.78, 5) is 2.43. The number of fused-ring (bicyclic) bond motifs is 1. The minimum Gasteiger partial charge on any atom is -0.469 e. The lowest BCUT2D eigenvalue weighted by Crippen LogP contribution is -2.34. The van der Waals surface area contributed by atoms with Crippen LogP contribution in [0.3, 0.4) is 0 Å². The number of furan rings is 1. The molecular formula is C14H19N3O2. The third-order valence-corrected chi connectivity index (χ3v) is 3.57. The molecule has 1 aliphatic rings. The molecule has 0 atom stereocenters. The van der Waals surface area contributed by atoms with E-state index in [9.17, 15) is 0 Å². The molecule has 5 nitrogen and oxygen atoms in total. The SMILES string of the molecule is OCc1cc2n(n1)CCN(CCCc1ccco1)C2. The first-order chi connectivity index (χ1) is 9.35. The summed E-state index contributed by atoms with van der Waals surface area (Å²) in [6.45, 7) is 3.96. The molecule has 0 amide bonds. The van der Waals surface area contributed by atoms with Crippen molar-refractivity contribution < 1.29 is 9.52 Å². The Balaban J connectivity index is 1.51. The van der Waals surface area contributed by atoms with E-state index < -0.39 is 0 Å². The molecule has 2 aromatic heterocycles. The van der Waals surface area contributed by atoms with E-state index in [0.717, 1.165) is 50.5 Å². The van der Waals surface area contributed by atoms with Crippen molar-refractivity contribution in [3.8, 4) is 0 Å². The molecule has 0 saturated carbocycles. The summed E-state index contributed by atoms with van der Waals surface area (Å²) in [5, 5.41) is 13.4. The molecule has 3 rings (SSSR count). The quantitative estimate of drug-likeness (QED) is 0.884. The van der Waals surface area contributed by atoms with Gasteiger partial charge in [-0.2, -0.15) is 5.10 Å². The molecule has 102 valence electrons. The van der Waals surface area contributed by atoms with E-state index in [1.54, 1.807) is 6.26 Å². The largest absolute Gasteiger partial charge is 0.469 e. The van der Waals surface area contributed by atoms with Gasteiger partial charge in [0.05, 0.1) is 30.8 Å². The van der Waals surface area contributed by atoms with Crippen molar-refractivity contribution in [3.05, 3.63) is 41.6 Å². The van der Waals surface area contributed by atoms with Gasteiger partial charge in [-0.15, -0.1) is 0 Å². The lowest BCUT2D eigenvalue weighted by Gasteiger charge is -2.27. The number of aliphatic hydroxyl groups excluding tert-OH is 1. The first-order valence-corrected chi connectivity index (χ1v) is 6.76. The second-order valence-corrected chi connectivity index (χ2v) is 4.97. The van der Waals surface area contributed by atoms with Gasteiger partial charge in [0.2, 0.25) is 0 Å². The van der Waals surface area contributed by atoms with Crippen LogP contribution in [0.2, 0.25) is 0 Å². The van der Waals surface area contributed by atoms with Crippen molar-refractivity contribution in [3.63, 3.8) is 0 Å². The lowest BCUT2D eigenvalue weighted by atomic mass is 10.2. The highest BCUT2D eigenvalue weighted by molar-refractivity contribution is 5.11. The monoisotopic (exact) mass is 261 g/mol. The number of hydrogen-bond donors (Lipinski definition) is 1. The average molecular weight is 261 g/mol. The molecule has 0 bridgehead atoms. The van der Waals surface area contributed by atoms with Crippen LogP contribution in [-0.2, 0) is 26.1 Å². The van der Waals surface area contributed by atoms with Gasteiger partial charge in [-0.25, -0.2) is 0 Å². The van der Waals surface area contributed by atoms with Crippen LogP contribution in [0.25, 0.3) is 0 Å². The maximum atomic E-state index is 9.10. The second-order valence-electron chi connectivity index (χ2n) is 4.97. The number of aryl methyl sites for hydroxylation is 1. The molecule has 0 fully saturated rings. The van der Waals surface area contributed by atoms with Gasteiger partial charge in [0.1, 0.15) is 5.76 Å². The van der Waals surface area contributed by atoms with Gasteiger partial charge in [0, 0.05) is 19.5 Å². The third-order valence-electron chi connectivity index (χ3n) is 3.57. The van der Waals surface area contributed by atoms with Crippen LogP contribution in [0.4, 0.5) is 0 Å². The first-order valence-electron chi connectivity index (χ1n) is 6.76. The van der Waals surface area contributed by atoms with Crippen LogP contribution in [0.15, 0.2) is 28.9 Å². The summed E-state index contributed by atoms with van der Waals surface area (Å²) in [5.74, 6) is 1.06. The first kappa shape index (κ1) is 12.4. The Kier molecular flexibility index (Phi) is 3.66. The molecule has 0 spiro atoms. The van der Waals surface area contributed by atoms with Crippen LogP contribution < -0.4 is 0 Å². The number of aromatic nitrogens is 2. The topological polar surface area (TPSA) is 54.4 Å². The fraction of sp³-hybridized carbons (Fsp3) is 0.500. The van der Waals surface area contributed by atoms with Gasteiger partial charge < -0.3 is 9.52 Å². The summed E-state index contributed by atoms with van der Waals surface area (Å²) in [7, 11) is 0. The highest BCUT2D eigenvalue weighted by Gasteiger charge is 2.17. The number of nitrogens with zero attached hydrogens (tertiary/aromatic N) is 3. The molecule has 3 heterocycles. The normalized spacial score (nSPS) is 15.6. The molecule has 5 heteroatoms. The highest BCUT2D eigenvalue weighted by Crippen LogP contribution is 2.14. The van der Waals surface area contributed by atoms with Crippen molar-refractivity contribution in [1.29, 1.82) is 0 Å². The molecule has 0 saturated heterocycles. The van der Waals surface area contributed by atoms with E-state index in [1.165, 1.54) is 5.69 Å². The molecule has 0 unspecified atom stereocenters. The summed E-state index contributed by atoms with van der Waals surface area (Å²) < 4.78 is 7.35. The zero-order chi connectivity index (χ0) is 13.1. The Morgan fingerprint density at radius 2 is 2.32 bits per heavy atom. The Morgan fingerprint density at radius 1 is 1.37 bits per heavy atom. The summed E-state index contributed by atoms with van der Waals surface area (Å²) in [6, 6.07) is 5.96. The summed E-state index contributed by atoms with van der Waals surface area (Å²) in [5.41, 5.74) is 1.97. The van der Waals surface area contributed by atoms with Gasteiger partial charge in [-0.05, 0) is 31.2 Å². The maximum absolute atomic E-state index is 9.10. The van der Waals surface area contributed by atoms with Gasteiger partial charge >= 0.3 is 0 Å². The second kappa shape index (κ2) is 5.59.